The van der Waals surface area contributed by atoms with Crippen LogP contribution in [0.1, 0.15) is 21.5 Å². The lowest BCUT2D eigenvalue weighted by Crippen LogP contribution is -2.18. The first-order valence-electron chi connectivity index (χ1n) is 6.57. The van der Waals surface area contributed by atoms with Gasteiger partial charge in [0.15, 0.2) is 0 Å². The average Bonchev–Trinajstić information content (AvgIpc) is 2.43. The van der Waals surface area contributed by atoms with E-state index in [1.807, 2.05) is 37.4 Å². The third-order valence-electron chi connectivity index (χ3n) is 3.21. The van der Waals surface area contributed by atoms with E-state index in [9.17, 15) is 4.79 Å². The molecule has 5 heteroatoms. The summed E-state index contributed by atoms with van der Waals surface area (Å²) in [5, 5.41) is 0.551. The number of rotatable bonds is 5. The fourth-order valence-electron chi connectivity index (χ4n) is 2.11. The van der Waals surface area contributed by atoms with Gasteiger partial charge in [0.2, 0.25) is 5.91 Å². The van der Waals surface area contributed by atoms with Crippen molar-refractivity contribution in [2.45, 2.75) is 13.1 Å². The quantitative estimate of drug-likeness (QED) is 0.834. The molecule has 0 unspecified atom stereocenters. The minimum Gasteiger partial charge on any atom is -0.399 e. The Morgan fingerprint density at radius 3 is 2.38 bits per heavy atom. The van der Waals surface area contributed by atoms with E-state index in [0.717, 1.165) is 17.8 Å². The van der Waals surface area contributed by atoms with Crippen molar-refractivity contribution in [3.8, 4) is 0 Å². The predicted octanol–water partition coefficient (Wildman–Crippen LogP) is 2.65. The Morgan fingerprint density at radius 2 is 1.81 bits per heavy atom. The highest BCUT2D eigenvalue weighted by Gasteiger charge is 2.08. The van der Waals surface area contributed by atoms with Gasteiger partial charge in [-0.3, -0.25) is 9.69 Å². The molecule has 0 aliphatic carbocycles. The van der Waals surface area contributed by atoms with Crippen molar-refractivity contribution in [2.75, 3.05) is 12.8 Å². The Morgan fingerprint density at radius 1 is 1.14 bits per heavy atom. The molecule has 0 atom stereocenters. The summed E-state index contributed by atoms with van der Waals surface area (Å²) in [6.07, 6.45) is 0. The minimum atomic E-state index is -0.473. The maximum Gasteiger partial charge on any atom is 0.248 e. The van der Waals surface area contributed by atoms with Crippen molar-refractivity contribution >= 4 is 23.2 Å². The van der Waals surface area contributed by atoms with Crippen molar-refractivity contribution < 1.29 is 4.79 Å². The van der Waals surface area contributed by atoms with Crippen molar-refractivity contribution in [3.63, 3.8) is 0 Å². The lowest BCUT2D eigenvalue weighted by atomic mass is 10.1. The first-order chi connectivity index (χ1) is 9.95. The van der Waals surface area contributed by atoms with E-state index in [-0.39, 0.29) is 0 Å². The Labute approximate surface area is 129 Å². The van der Waals surface area contributed by atoms with Crippen LogP contribution in [0.3, 0.4) is 0 Å². The third-order valence-corrected chi connectivity index (χ3v) is 3.56. The van der Waals surface area contributed by atoms with Crippen LogP contribution >= 0.6 is 11.6 Å². The Hall–Kier alpha value is -2.04. The van der Waals surface area contributed by atoms with Crippen molar-refractivity contribution in [1.29, 1.82) is 0 Å². The van der Waals surface area contributed by atoms with Crippen LogP contribution in [-0.2, 0) is 13.1 Å². The summed E-state index contributed by atoms with van der Waals surface area (Å²) < 4.78 is 0. The predicted molar refractivity (Wildman–Crippen MR) is 86.0 cm³/mol. The molecular formula is C16H18ClN3O. The van der Waals surface area contributed by atoms with Gasteiger partial charge in [0.25, 0.3) is 0 Å². The lowest BCUT2D eigenvalue weighted by Gasteiger charge is -2.18. The van der Waals surface area contributed by atoms with E-state index in [1.165, 1.54) is 5.56 Å². The highest BCUT2D eigenvalue weighted by atomic mass is 35.5. The van der Waals surface area contributed by atoms with Gasteiger partial charge in [0.1, 0.15) is 0 Å². The summed E-state index contributed by atoms with van der Waals surface area (Å²) in [6.45, 7) is 1.47. The lowest BCUT2D eigenvalue weighted by molar-refractivity contribution is 0.100. The molecule has 4 N–H and O–H groups in total. The Bertz CT molecular complexity index is 640. The van der Waals surface area contributed by atoms with E-state index in [0.29, 0.717) is 17.1 Å². The second kappa shape index (κ2) is 6.61. The summed E-state index contributed by atoms with van der Waals surface area (Å²) in [7, 11) is 2.01. The van der Waals surface area contributed by atoms with Crippen molar-refractivity contribution in [1.82, 2.24) is 4.90 Å². The monoisotopic (exact) mass is 303 g/mol. The molecule has 4 nitrogen and oxygen atoms in total. The maximum atomic E-state index is 11.1. The number of nitrogens with zero attached hydrogens (tertiary/aromatic N) is 1. The van der Waals surface area contributed by atoms with Crippen LogP contribution in [0, 0.1) is 0 Å². The molecule has 2 aromatic carbocycles. The van der Waals surface area contributed by atoms with Crippen LogP contribution in [0.25, 0.3) is 0 Å². The number of nitrogens with two attached hydrogens (primary N) is 2. The number of carbonyl (C=O) groups is 1. The molecule has 0 spiro atoms. The number of hydrogen-bond acceptors (Lipinski definition) is 3. The topological polar surface area (TPSA) is 72.3 Å². The molecule has 0 aliphatic rings. The third kappa shape index (κ3) is 4.21. The van der Waals surface area contributed by atoms with E-state index >= 15 is 0 Å². The van der Waals surface area contributed by atoms with Crippen LogP contribution in [0.15, 0.2) is 42.5 Å². The molecule has 0 aliphatic heterocycles. The van der Waals surface area contributed by atoms with Gasteiger partial charge in [-0.2, -0.15) is 0 Å². The normalized spacial score (nSPS) is 10.8. The van der Waals surface area contributed by atoms with Gasteiger partial charge in [0, 0.05) is 29.4 Å². The molecule has 1 amide bonds. The van der Waals surface area contributed by atoms with Gasteiger partial charge in [-0.05, 0) is 42.4 Å². The summed E-state index contributed by atoms with van der Waals surface area (Å²) in [6, 6.07) is 12.9. The van der Waals surface area contributed by atoms with Gasteiger partial charge >= 0.3 is 0 Å². The molecule has 0 fully saturated rings. The van der Waals surface area contributed by atoms with Gasteiger partial charge in [-0.1, -0.05) is 29.8 Å². The second-order valence-electron chi connectivity index (χ2n) is 5.08. The van der Waals surface area contributed by atoms with Crippen LogP contribution in [0.4, 0.5) is 5.69 Å². The minimum absolute atomic E-state index is 0.421. The zero-order chi connectivity index (χ0) is 15.4. The summed E-state index contributed by atoms with van der Waals surface area (Å²) >= 11 is 6.19. The number of anilines is 1. The number of nitrogen functional groups attached to an aromatic ring is 1. The van der Waals surface area contributed by atoms with E-state index in [1.54, 1.807) is 12.1 Å². The Balaban J connectivity index is 2.04. The fraction of sp³-hybridized carbons (Fsp3) is 0.188. The summed E-state index contributed by atoms with van der Waals surface area (Å²) in [4.78, 5) is 13.2. The number of benzene rings is 2. The molecule has 0 saturated heterocycles. The molecule has 0 heterocycles. The number of halogens is 1. The van der Waals surface area contributed by atoms with Crippen molar-refractivity contribution in [2.24, 2.45) is 5.73 Å². The average molecular weight is 304 g/mol. The van der Waals surface area contributed by atoms with E-state index in [4.69, 9.17) is 23.1 Å². The smallest absolute Gasteiger partial charge is 0.248 e. The first-order valence-corrected chi connectivity index (χ1v) is 6.94. The number of hydrogen-bond donors (Lipinski definition) is 2. The number of amides is 1. The second-order valence-corrected chi connectivity index (χ2v) is 5.49. The van der Waals surface area contributed by atoms with Crippen LogP contribution in [0.5, 0.6) is 0 Å². The van der Waals surface area contributed by atoms with Crippen LogP contribution in [-0.4, -0.2) is 17.9 Å². The zero-order valence-corrected chi connectivity index (χ0v) is 12.6. The van der Waals surface area contributed by atoms with Crippen molar-refractivity contribution in [3.05, 3.63) is 64.2 Å². The SMILES string of the molecule is CN(Cc1ccc(N)cc1)Cc1ccc(C(N)=O)cc1Cl. The van der Waals surface area contributed by atoms with Gasteiger partial charge in [0.05, 0.1) is 0 Å². The molecule has 110 valence electrons. The number of carbonyl (C=O) groups excluding carboxylic acids is 1. The highest BCUT2D eigenvalue weighted by molar-refractivity contribution is 6.31. The van der Waals surface area contributed by atoms with Gasteiger partial charge in [-0.15, -0.1) is 0 Å². The van der Waals surface area contributed by atoms with E-state index < -0.39 is 5.91 Å². The largest absolute Gasteiger partial charge is 0.399 e. The first kappa shape index (κ1) is 15.4. The zero-order valence-electron chi connectivity index (χ0n) is 11.8. The standard InChI is InChI=1S/C16H18ClN3O/c1-20(9-11-2-6-14(18)7-3-11)10-13-5-4-12(16(19)21)8-15(13)17/h2-8H,9-10,18H2,1H3,(H2,19,21). The van der Waals surface area contributed by atoms with Gasteiger partial charge in [-0.25, -0.2) is 0 Å². The fourth-order valence-corrected chi connectivity index (χ4v) is 2.35. The molecule has 0 bridgehead atoms. The molecule has 0 aromatic heterocycles. The molecule has 0 radical (unpaired) electrons. The highest BCUT2D eigenvalue weighted by Crippen LogP contribution is 2.20. The maximum absolute atomic E-state index is 11.1. The summed E-state index contributed by atoms with van der Waals surface area (Å²) in [5.74, 6) is -0.473. The molecule has 2 aromatic rings. The molecule has 2 rings (SSSR count). The van der Waals surface area contributed by atoms with E-state index in [2.05, 4.69) is 4.90 Å². The summed E-state index contributed by atoms with van der Waals surface area (Å²) in [5.41, 5.74) is 14.2. The molecule has 0 saturated carbocycles. The van der Waals surface area contributed by atoms with Crippen LogP contribution < -0.4 is 11.5 Å². The number of primary amides is 1. The van der Waals surface area contributed by atoms with Crippen LogP contribution in [0.2, 0.25) is 5.02 Å². The molecule has 21 heavy (non-hydrogen) atoms. The van der Waals surface area contributed by atoms with Gasteiger partial charge < -0.3 is 11.5 Å². The molecular weight excluding hydrogens is 286 g/mol. The Kier molecular flexibility index (Phi) is 4.83.